The summed E-state index contributed by atoms with van der Waals surface area (Å²) in [5.41, 5.74) is 2.80. The molecule has 0 heterocycles. The van der Waals surface area contributed by atoms with Crippen LogP contribution in [-0.2, 0) is 11.3 Å². The highest BCUT2D eigenvalue weighted by Gasteiger charge is 2.05. The highest BCUT2D eigenvalue weighted by atomic mass is 35.5. The van der Waals surface area contributed by atoms with Gasteiger partial charge in [-0.2, -0.15) is 0 Å². The first kappa shape index (κ1) is 15.7. The van der Waals surface area contributed by atoms with Gasteiger partial charge in [-0.05, 0) is 42.3 Å². The average molecular weight is 323 g/mol. The SMILES string of the molecule is Cc1cc(Cl)ccc1NCC(=O)NCc1ccccc1Cl. The number of anilines is 1. The third-order valence-electron chi connectivity index (χ3n) is 3.06. The molecule has 2 aromatic carbocycles. The highest BCUT2D eigenvalue weighted by Crippen LogP contribution is 2.19. The summed E-state index contributed by atoms with van der Waals surface area (Å²) < 4.78 is 0. The summed E-state index contributed by atoms with van der Waals surface area (Å²) in [5.74, 6) is -0.0933. The molecule has 21 heavy (non-hydrogen) atoms. The minimum atomic E-state index is -0.0933. The number of halogens is 2. The van der Waals surface area contributed by atoms with Crippen molar-refractivity contribution < 1.29 is 4.79 Å². The summed E-state index contributed by atoms with van der Waals surface area (Å²) in [6, 6.07) is 12.9. The topological polar surface area (TPSA) is 41.1 Å². The summed E-state index contributed by atoms with van der Waals surface area (Å²) in [7, 11) is 0. The molecule has 0 fully saturated rings. The van der Waals surface area contributed by atoms with Crippen LogP contribution in [0.5, 0.6) is 0 Å². The summed E-state index contributed by atoms with van der Waals surface area (Å²) in [6.45, 7) is 2.56. The van der Waals surface area contributed by atoms with Crippen LogP contribution in [0.4, 0.5) is 5.69 Å². The van der Waals surface area contributed by atoms with E-state index in [-0.39, 0.29) is 12.5 Å². The molecule has 0 aliphatic heterocycles. The molecule has 0 unspecified atom stereocenters. The maximum atomic E-state index is 11.8. The van der Waals surface area contributed by atoms with Gasteiger partial charge in [0.2, 0.25) is 5.91 Å². The maximum absolute atomic E-state index is 11.8. The maximum Gasteiger partial charge on any atom is 0.239 e. The van der Waals surface area contributed by atoms with Gasteiger partial charge in [0.25, 0.3) is 0 Å². The first-order chi connectivity index (χ1) is 10.1. The lowest BCUT2D eigenvalue weighted by Crippen LogP contribution is -2.29. The number of aryl methyl sites for hydroxylation is 1. The summed E-state index contributed by atoms with van der Waals surface area (Å²) in [4.78, 5) is 11.8. The van der Waals surface area contributed by atoms with Crippen LogP contribution in [-0.4, -0.2) is 12.5 Å². The van der Waals surface area contributed by atoms with Gasteiger partial charge in [0, 0.05) is 22.3 Å². The molecule has 2 N–H and O–H groups in total. The number of benzene rings is 2. The van der Waals surface area contributed by atoms with Gasteiger partial charge in [-0.3, -0.25) is 4.79 Å². The molecule has 0 atom stereocenters. The molecule has 3 nitrogen and oxygen atoms in total. The Kier molecular flexibility index (Phi) is 5.48. The fourth-order valence-electron chi connectivity index (χ4n) is 1.90. The molecule has 0 aliphatic rings. The molecule has 2 aromatic rings. The molecule has 5 heteroatoms. The summed E-state index contributed by atoms with van der Waals surface area (Å²) in [6.07, 6.45) is 0. The summed E-state index contributed by atoms with van der Waals surface area (Å²) in [5, 5.41) is 7.25. The van der Waals surface area contributed by atoms with Crippen LogP contribution in [0.2, 0.25) is 10.0 Å². The van der Waals surface area contributed by atoms with Crippen molar-refractivity contribution in [2.24, 2.45) is 0 Å². The molecule has 2 rings (SSSR count). The van der Waals surface area contributed by atoms with Gasteiger partial charge in [-0.1, -0.05) is 41.4 Å². The number of carbonyl (C=O) groups excluding carboxylic acids is 1. The van der Waals surface area contributed by atoms with Gasteiger partial charge in [0.1, 0.15) is 0 Å². The van der Waals surface area contributed by atoms with E-state index >= 15 is 0 Å². The predicted octanol–water partition coefficient (Wildman–Crippen LogP) is 4.03. The lowest BCUT2D eigenvalue weighted by Gasteiger charge is -2.11. The Morgan fingerprint density at radius 1 is 1.14 bits per heavy atom. The van der Waals surface area contributed by atoms with Crippen LogP contribution in [0, 0.1) is 6.92 Å². The lowest BCUT2D eigenvalue weighted by atomic mass is 10.2. The number of nitrogens with one attached hydrogen (secondary N) is 2. The summed E-state index contributed by atoms with van der Waals surface area (Å²) >= 11 is 11.9. The van der Waals surface area contributed by atoms with Crippen molar-refractivity contribution in [3.63, 3.8) is 0 Å². The van der Waals surface area contributed by atoms with Crippen molar-refractivity contribution in [3.05, 3.63) is 63.6 Å². The first-order valence-electron chi connectivity index (χ1n) is 6.56. The minimum absolute atomic E-state index is 0.0933. The van der Waals surface area contributed by atoms with Crippen molar-refractivity contribution in [2.75, 3.05) is 11.9 Å². The van der Waals surface area contributed by atoms with Crippen molar-refractivity contribution in [2.45, 2.75) is 13.5 Å². The van der Waals surface area contributed by atoms with E-state index in [2.05, 4.69) is 10.6 Å². The fourth-order valence-corrected chi connectivity index (χ4v) is 2.33. The minimum Gasteiger partial charge on any atom is -0.376 e. The van der Waals surface area contributed by atoms with Crippen LogP contribution in [0.15, 0.2) is 42.5 Å². The number of hydrogen-bond acceptors (Lipinski definition) is 2. The molecular formula is C16H16Cl2N2O. The van der Waals surface area contributed by atoms with E-state index in [9.17, 15) is 4.79 Å². The smallest absolute Gasteiger partial charge is 0.239 e. The number of rotatable bonds is 5. The third kappa shape index (κ3) is 4.66. The second-order valence-electron chi connectivity index (χ2n) is 4.68. The van der Waals surface area contributed by atoms with Gasteiger partial charge >= 0.3 is 0 Å². The second-order valence-corrected chi connectivity index (χ2v) is 5.52. The Bertz CT molecular complexity index is 644. The fraction of sp³-hybridized carbons (Fsp3) is 0.188. The molecule has 1 amide bonds. The number of amides is 1. The lowest BCUT2D eigenvalue weighted by molar-refractivity contribution is -0.119. The average Bonchev–Trinajstić information content (AvgIpc) is 2.45. The van der Waals surface area contributed by atoms with Crippen LogP contribution in [0.3, 0.4) is 0 Å². The van der Waals surface area contributed by atoms with Crippen LogP contribution in [0.25, 0.3) is 0 Å². The van der Waals surface area contributed by atoms with E-state index in [0.717, 1.165) is 16.8 Å². The zero-order chi connectivity index (χ0) is 15.2. The molecule has 0 bridgehead atoms. The Morgan fingerprint density at radius 3 is 2.62 bits per heavy atom. The van der Waals surface area contributed by atoms with Gasteiger partial charge in [0.15, 0.2) is 0 Å². The molecule has 0 aliphatic carbocycles. The molecule has 110 valence electrons. The van der Waals surface area contributed by atoms with E-state index in [4.69, 9.17) is 23.2 Å². The van der Waals surface area contributed by atoms with Crippen molar-refractivity contribution >= 4 is 34.8 Å². The van der Waals surface area contributed by atoms with E-state index in [1.165, 1.54) is 0 Å². The zero-order valence-corrected chi connectivity index (χ0v) is 13.1. The molecule has 0 spiro atoms. The van der Waals surface area contributed by atoms with Gasteiger partial charge < -0.3 is 10.6 Å². The predicted molar refractivity (Wildman–Crippen MR) is 88.0 cm³/mol. The zero-order valence-electron chi connectivity index (χ0n) is 11.6. The quantitative estimate of drug-likeness (QED) is 0.872. The normalized spacial score (nSPS) is 10.2. The standard InChI is InChI=1S/C16H16Cl2N2O/c1-11-8-13(17)6-7-15(11)19-10-16(21)20-9-12-4-2-3-5-14(12)18/h2-8,19H,9-10H2,1H3,(H,20,21). The van der Waals surface area contributed by atoms with Gasteiger partial charge in [-0.25, -0.2) is 0 Å². The molecule has 0 saturated heterocycles. The van der Waals surface area contributed by atoms with Crippen LogP contribution < -0.4 is 10.6 Å². The Hall–Kier alpha value is -1.71. The monoisotopic (exact) mass is 322 g/mol. The second kappa shape index (κ2) is 7.34. The number of hydrogen-bond donors (Lipinski definition) is 2. The molecule has 0 saturated carbocycles. The highest BCUT2D eigenvalue weighted by molar-refractivity contribution is 6.31. The van der Waals surface area contributed by atoms with Crippen molar-refractivity contribution in [1.29, 1.82) is 0 Å². The van der Waals surface area contributed by atoms with E-state index in [1.807, 2.05) is 37.3 Å². The van der Waals surface area contributed by atoms with E-state index in [0.29, 0.717) is 16.6 Å². The molecule has 0 aromatic heterocycles. The molecular weight excluding hydrogens is 307 g/mol. The first-order valence-corrected chi connectivity index (χ1v) is 7.32. The van der Waals surface area contributed by atoms with Crippen molar-refractivity contribution in [3.8, 4) is 0 Å². The Morgan fingerprint density at radius 2 is 1.90 bits per heavy atom. The van der Waals surface area contributed by atoms with Crippen molar-refractivity contribution in [1.82, 2.24) is 5.32 Å². The van der Waals surface area contributed by atoms with E-state index < -0.39 is 0 Å². The largest absolute Gasteiger partial charge is 0.376 e. The van der Waals surface area contributed by atoms with Gasteiger partial charge in [-0.15, -0.1) is 0 Å². The Labute approximate surface area is 134 Å². The number of carbonyl (C=O) groups is 1. The third-order valence-corrected chi connectivity index (χ3v) is 3.67. The van der Waals surface area contributed by atoms with Gasteiger partial charge in [0.05, 0.1) is 6.54 Å². The Balaban J connectivity index is 1.84. The van der Waals surface area contributed by atoms with Crippen LogP contribution in [0.1, 0.15) is 11.1 Å². The molecule has 0 radical (unpaired) electrons. The van der Waals surface area contributed by atoms with E-state index in [1.54, 1.807) is 12.1 Å². The van der Waals surface area contributed by atoms with Crippen LogP contribution >= 0.6 is 23.2 Å².